The van der Waals surface area contributed by atoms with Gasteiger partial charge in [0.05, 0.1) is 6.61 Å². The molecule has 0 aliphatic heterocycles. The van der Waals surface area contributed by atoms with E-state index < -0.39 is 11.8 Å². The van der Waals surface area contributed by atoms with Gasteiger partial charge in [-0.3, -0.25) is 0 Å². The SMILES string of the molecule is CC(CON)C(F)(F)c1ccccc1. The van der Waals surface area contributed by atoms with Crippen molar-refractivity contribution in [3.8, 4) is 0 Å². The number of nitrogens with two attached hydrogens (primary N) is 1. The number of benzene rings is 1. The Morgan fingerprint density at radius 3 is 2.43 bits per heavy atom. The molecule has 0 heterocycles. The summed E-state index contributed by atoms with van der Waals surface area (Å²) in [6.07, 6.45) is 0. The largest absolute Gasteiger partial charge is 0.304 e. The predicted octanol–water partition coefficient (Wildman–Crippen LogP) is 2.30. The second-order valence-corrected chi connectivity index (χ2v) is 3.22. The summed E-state index contributed by atoms with van der Waals surface area (Å²) in [5.74, 6) is 0.933. The van der Waals surface area contributed by atoms with Gasteiger partial charge in [0, 0.05) is 11.5 Å². The molecule has 1 aromatic rings. The Kier molecular flexibility index (Phi) is 3.55. The molecule has 0 saturated heterocycles. The second kappa shape index (κ2) is 4.48. The molecule has 0 amide bonds. The Bertz CT molecular complexity index is 277. The van der Waals surface area contributed by atoms with E-state index in [-0.39, 0.29) is 12.2 Å². The molecular formula is C10H13F2NO. The van der Waals surface area contributed by atoms with Crippen LogP contribution in [0.15, 0.2) is 30.3 Å². The van der Waals surface area contributed by atoms with Gasteiger partial charge in [-0.25, -0.2) is 14.7 Å². The predicted molar refractivity (Wildman–Crippen MR) is 49.6 cm³/mol. The van der Waals surface area contributed by atoms with Crippen LogP contribution in [0.4, 0.5) is 8.78 Å². The highest BCUT2D eigenvalue weighted by Gasteiger charge is 2.38. The summed E-state index contributed by atoms with van der Waals surface area (Å²) in [7, 11) is 0. The lowest BCUT2D eigenvalue weighted by molar-refractivity contribution is -0.0874. The van der Waals surface area contributed by atoms with Crippen molar-refractivity contribution in [3.63, 3.8) is 0 Å². The summed E-state index contributed by atoms with van der Waals surface area (Å²) in [4.78, 5) is 4.23. The second-order valence-electron chi connectivity index (χ2n) is 3.22. The third-order valence-electron chi connectivity index (χ3n) is 2.12. The molecule has 1 aromatic carbocycles. The van der Waals surface area contributed by atoms with E-state index in [0.29, 0.717) is 0 Å². The van der Waals surface area contributed by atoms with Crippen LogP contribution in [-0.2, 0) is 10.8 Å². The zero-order valence-electron chi connectivity index (χ0n) is 7.91. The van der Waals surface area contributed by atoms with Gasteiger partial charge in [-0.2, -0.15) is 0 Å². The zero-order chi connectivity index (χ0) is 10.6. The first-order valence-electron chi connectivity index (χ1n) is 4.34. The van der Waals surface area contributed by atoms with Crippen molar-refractivity contribution in [1.82, 2.24) is 0 Å². The molecule has 0 bridgehead atoms. The molecule has 0 aromatic heterocycles. The minimum atomic E-state index is -2.90. The maximum Gasteiger partial charge on any atom is 0.278 e. The molecular weight excluding hydrogens is 188 g/mol. The Balaban J connectivity index is 2.84. The lowest BCUT2D eigenvalue weighted by Gasteiger charge is -2.22. The van der Waals surface area contributed by atoms with E-state index in [0.717, 1.165) is 0 Å². The quantitative estimate of drug-likeness (QED) is 0.758. The van der Waals surface area contributed by atoms with Gasteiger partial charge in [0.1, 0.15) is 0 Å². The summed E-state index contributed by atoms with van der Waals surface area (Å²) in [6.45, 7) is 1.24. The molecule has 1 rings (SSSR count). The molecule has 0 aliphatic rings. The average Bonchev–Trinajstić information content (AvgIpc) is 2.19. The summed E-state index contributed by atoms with van der Waals surface area (Å²) < 4.78 is 27.2. The van der Waals surface area contributed by atoms with Gasteiger partial charge < -0.3 is 4.84 Å². The average molecular weight is 201 g/mol. The van der Waals surface area contributed by atoms with Crippen molar-refractivity contribution in [2.45, 2.75) is 12.8 Å². The van der Waals surface area contributed by atoms with Gasteiger partial charge in [0.2, 0.25) is 0 Å². The number of hydrogen-bond donors (Lipinski definition) is 1. The summed E-state index contributed by atoms with van der Waals surface area (Å²) >= 11 is 0. The van der Waals surface area contributed by atoms with Gasteiger partial charge in [0.15, 0.2) is 0 Å². The normalized spacial score (nSPS) is 14.0. The Hall–Kier alpha value is -1.00. The van der Waals surface area contributed by atoms with Crippen molar-refractivity contribution in [2.75, 3.05) is 6.61 Å². The van der Waals surface area contributed by atoms with Gasteiger partial charge in [-0.1, -0.05) is 37.3 Å². The highest BCUT2D eigenvalue weighted by atomic mass is 19.3. The molecule has 0 aliphatic carbocycles. The molecule has 0 spiro atoms. The van der Waals surface area contributed by atoms with Crippen LogP contribution in [-0.4, -0.2) is 6.61 Å². The van der Waals surface area contributed by atoms with Gasteiger partial charge in [0.25, 0.3) is 5.92 Å². The molecule has 4 heteroatoms. The Morgan fingerprint density at radius 2 is 1.93 bits per heavy atom. The van der Waals surface area contributed by atoms with Crippen LogP contribution in [0.1, 0.15) is 12.5 Å². The molecule has 0 fully saturated rings. The fourth-order valence-electron chi connectivity index (χ4n) is 1.19. The van der Waals surface area contributed by atoms with Crippen LogP contribution in [0, 0.1) is 5.92 Å². The number of rotatable bonds is 4. The first-order chi connectivity index (χ1) is 6.59. The molecule has 78 valence electrons. The minimum absolute atomic E-state index is 0.00968. The fraction of sp³-hybridized carbons (Fsp3) is 0.400. The number of halogens is 2. The molecule has 2 nitrogen and oxygen atoms in total. The van der Waals surface area contributed by atoms with E-state index in [1.54, 1.807) is 18.2 Å². The van der Waals surface area contributed by atoms with Crippen molar-refractivity contribution in [1.29, 1.82) is 0 Å². The summed E-state index contributed by atoms with van der Waals surface area (Å²) in [5, 5.41) is 0. The highest BCUT2D eigenvalue weighted by Crippen LogP contribution is 2.35. The first-order valence-corrected chi connectivity index (χ1v) is 4.34. The van der Waals surface area contributed by atoms with Crippen LogP contribution in [0.25, 0.3) is 0 Å². The monoisotopic (exact) mass is 201 g/mol. The molecule has 2 N–H and O–H groups in total. The Morgan fingerprint density at radius 1 is 1.36 bits per heavy atom. The molecule has 14 heavy (non-hydrogen) atoms. The summed E-state index contributed by atoms with van der Waals surface area (Å²) in [6, 6.07) is 7.66. The van der Waals surface area contributed by atoms with E-state index in [9.17, 15) is 8.78 Å². The van der Waals surface area contributed by atoms with E-state index in [1.165, 1.54) is 19.1 Å². The van der Waals surface area contributed by atoms with E-state index in [2.05, 4.69) is 4.84 Å². The van der Waals surface area contributed by atoms with Crippen molar-refractivity contribution >= 4 is 0 Å². The molecule has 0 radical (unpaired) electrons. The highest BCUT2D eigenvalue weighted by molar-refractivity contribution is 5.20. The van der Waals surface area contributed by atoms with Gasteiger partial charge in [-0.05, 0) is 0 Å². The molecule has 1 atom stereocenters. The maximum absolute atomic E-state index is 13.6. The number of alkyl halides is 2. The Labute approximate surface area is 81.6 Å². The lowest BCUT2D eigenvalue weighted by Crippen LogP contribution is -2.28. The lowest BCUT2D eigenvalue weighted by atomic mass is 9.97. The van der Waals surface area contributed by atoms with E-state index in [4.69, 9.17) is 5.90 Å². The molecule has 0 saturated carbocycles. The van der Waals surface area contributed by atoms with Crippen molar-refractivity contribution in [3.05, 3.63) is 35.9 Å². The van der Waals surface area contributed by atoms with Gasteiger partial charge in [-0.15, -0.1) is 0 Å². The topological polar surface area (TPSA) is 35.2 Å². The number of hydrogen-bond acceptors (Lipinski definition) is 2. The van der Waals surface area contributed by atoms with Crippen molar-refractivity contribution < 1.29 is 13.6 Å². The first kappa shape index (κ1) is 11.1. The van der Waals surface area contributed by atoms with E-state index in [1.807, 2.05) is 0 Å². The van der Waals surface area contributed by atoms with Gasteiger partial charge >= 0.3 is 0 Å². The summed E-state index contributed by atoms with van der Waals surface area (Å²) in [5.41, 5.74) is -0.00968. The van der Waals surface area contributed by atoms with Crippen LogP contribution < -0.4 is 5.90 Å². The van der Waals surface area contributed by atoms with Crippen molar-refractivity contribution in [2.24, 2.45) is 11.8 Å². The smallest absolute Gasteiger partial charge is 0.278 e. The fourth-order valence-corrected chi connectivity index (χ4v) is 1.19. The van der Waals surface area contributed by atoms with Crippen LogP contribution in [0.2, 0.25) is 0 Å². The minimum Gasteiger partial charge on any atom is -0.304 e. The third kappa shape index (κ3) is 2.27. The maximum atomic E-state index is 13.6. The van der Waals surface area contributed by atoms with Crippen LogP contribution in [0.3, 0.4) is 0 Å². The molecule has 1 unspecified atom stereocenters. The van der Waals surface area contributed by atoms with E-state index >= 15 is 0 Å². The third-order valence-corrected chi connectivity index (χ3v) is 2.12. The zero-order valence-corrected chi connectivity index (χ0v) is 7.91. The van der Waals surface area contributed by atoms with Crippen LogP contribution >= 0.6 is 0 Å². The van der Waals surface area contributed by atoms with Crippen LogP contribution in [0.5, 0.6) is 0 Å². The standard InChI is InChI=1S/C10H13F2NO/c1-8(7-14-13)10(11,12)9-5-3-2-4-6-9/h2-6,8H,7,13H2,1H3.